The molecular weight excluding hydrogens is 240 g/mol. The lowest BCUT2D eigenvalue weighted by Crippen LogP contribution is -2.09. The zero-order chi connectivity index (χ0) is 12.5. The van der Waals surface area contributed by atoms with Crippen LogP contribution in [0.15, 0.2) is 12.3 Å². The van der Waals surface area contributed by atoms with Gasteiger partial charge in [-0.3, -0.25) is 0 Å². The molecule has 1 aromatic heterocycles. The minimum absolute atomic E-state index is 0.380. The molecule has 0 unspecified atom stereocenters. The van der Waals surface area contributed by atoms with E-state index >= 15 is 0 Å². The van der Waals surface area contributed by atoms with E-state index in [1.165, 1.54) is 0 Å². The van der Waals surface area contributed by atoms with Crippen LogP contribution in [0.5, 0.6) is 5.88 Å². The number of ether oxygens (including phenoxy) is 2. The smallest absolute Gasteiger partial charge is 0.213 e. The molecule has 0 saturated heterocycles. The van der Waals surface area contributed by atoms with Gasteiger partial charge in [0.05, 0.1) is 11.6 Å². The molecule has 0 aliphatic heterocycles. The summed E-state index contributed by atoms with van der Waals surface area (Å²) in [7, 11) is 0. The van der Waals surface area contributed by atoms with Crippen LogP contribution in [0.3, 0.4) is 0 Å². The zero-order valence-corrected chi connectivity index (χ0v) is 10.9. The van der Waals surface area contributed by atoms with E-state index in [1.54, 1.807) is 12.3 Å². The van der Waals surface area contributed by atoms with Crippen LogP contribution in [0.2, 0.25) is 5.02 Å². The van der Waals surface area contributed by atoms with Crippen molar-refractivity contribution in [3.63, 3.8) is 0 Å². The Kier molecular flexibility index (Phi) is 6.93. The summed E-state index contributed by atoms with van der Waals surface area (Å²) in [6.07, 6.45) is 3.77. The Morgan fingerprint density at radius 3 is 2.88 bits per heavy atom. The topological polar surface area (TPSA) is 57.4 Å². The van der Waals surface area contributed by atoms with Crippen molar-refractivity contribution in [1.82, 2.24) is 4.98 Å². The normalized spacial score (nSPS) is 10.5. The molecule has 96 valence electrons. The lowest BCUT2D eigenvalue weighted by molar-refractivity contribution is 0.0965. The molecule has 17 heavy (non-hydrogen) atoms. The van der Waals surface area contributed by atoms with Gasteiger partial charge >= 0.3 is 0 Å². The van der Waals surface area contributed by atoms with Gasteiger partial charge in [-0.25, -0.2) is 4.98 Å². The Morgan fingerprint density at radius 2 is 2.18 bits per heavy atom. The summed E-state index contributed by atoms with van der Waals surface area (Å²) in [5.41, 5.74) is 6.37. The molecule has 4 nitrogen and oxygen atoms in total. The van der Waals surface area contributed by atoms with Crippen LogP contribution in [0.1, 0.15) is 25.3 Å². The third kappa shape index (κ3) is 5.35. The third-order valence-corrected chi connectivity index (χ3v) is 2.59. The van der Waals surface area contributed by atoms with E-state index in [0.29, 0.717) is 30.7 Å². The molecule has 0 aromatic carbocycles. The fourth-order valence-corrected chi connectivity index (χ4v) is 1.43. The van der Waals surface area contributed by atoms with Gasteiger partial charge in [-0.2, -0.15) is 0 Å². The summed E-state index contributed by atoms with van der Waals surface area (Å²) >= 11 is 5.89. The van der Waals surface area contributed by atoms with Gasteiger partial charge in [-0.05, 0) is 12.0 Å². The largest absolute Gasteiger partial charge is 0.475 e. The molecule has 1 heterocycles. The highest BCUT2D eigenvalue weighted by atomic mass is 35.5. The van der Waals surface area contributed by atoms with Gasteiger partial charge in [0, 0.05) is 25.4 Å². The highest BCUT2D eigenvalue weighted by Gasteiger charge is 2.02. The molecule has 5 heteroatoms. The van der Waals surface area contributed by atoms with E-state index in [-0.39, 0.29) is 0 Å². The third-order valence-electron chi connectivity index (χ3n) is 2.25. The van der Waals surface area contributed by atoms with Crippen LogP contribution in [0, 0.1) is 0 Å². The van der Waals surface area contributed by atoms with Crippen LogP contribution in [0.25, 0.3) is 0 Å². The number of hydrogen-bond donors (Lipinski definition) is 1. The Morgan fingerprint density at radius 1 is 1.35 bits per heavy atom. The summed E-state index contributed by atoms with van der Waals surface area (Å²) in [4.78, 5) is 4.06. The minimum atomic E-state index is 0.380. The lowest BCUT2D eigenvalue weighted by Gasteiger charge is -2.08. The summed E-state index contributed by atoms with van der Waals surface area (Å²) in [5.74, 6) is 0.536. The highest BCUT2D eigenvalue weighted by molar-refractivity contribution is 6.31. The van der Waals surface area contributed by atoms with Gasteiger partial charge in [-0.15, -0.1) is 0 Å². The molecule has 0 aliphatic carbocycles. The van der Waals surface area contributed by atoms with E-state index in [2.05, 4.69) is 11.9 Å². The average Bonchev–Trinajstić information content (AvgIpc) is 2.35. The van der Waals surface area contributed by atoms with E-state index in [9.17, 15) is 0 Å². The van der Waals surface area contributed by atoms with Crippen LogP contribution in [-0.2, 0) is 11.3 Å². The molecule has 0 saturated carbocycles. The number of halogens is 1. The molecule has 0 radical (unpaired) electrons. The van der Waals surface area contributed by atoms with Crippen LogP contribution in [-0.4, -0.2) is 24.8 Å². The molecule has 0 aliphatic rings. The second kappa shape index (κ2) is 8.28. The van der Waals surface area contributed by atoms with Crippen molar-refractivity contribution < 1.29 is 9.47 Å². The molecule has 1 rings (SSSR count). The van der Waals surface area contributed by atoms with Crippen molar-refractivity contribution >= 4 is 11.6 Å². The maximum atomic E-state index is 5.89. The summed E-state index contributed by atoms with van der Waals surface area (Å²) in [6.45, 7) is 4.35. The van der Waals surface area contributed by atoms with Crippen LogP contribution < -0.4 is 10.5 Å². The quantitative estimate of drug-likeness (QED) is 0.728. The second-order valence-corrected chi connectivity index (χ2v) is 4.04. The SMILES string of the molecule is CCCCOCCOc1cc(CN)c(Cl)cn1. The summed E-state index contributed by atoms with van der Waals surface area (Å²) < 4.78 is 10.8. The first kappa shape index (κ1) is 14.2. The van der Waals surface area contributed by atoms with Crippen LogP contribution >= 0.6 is 11.6 Å². The average molecular weight is 259 g/mol. The number of nitrogens with zero attached hydrogens (tertiary/aromatic N) is 1. The predicted molar refractivity (Wildman–Crippen MR) is 68.4 cm³/mol. The number of nitrogens with two attached hydrogens (primary N) is 1. The fraction of sp³-hybridized carbons (Fsp3) is 0.583. The first-order valence-corrected chi connectivity index (χ1v) is 6.20. The number of aromatic nitrogens is 1. The van der Waals surface area contributed by atoms with Crippen molar-refractivity contribution in [2.24, 2.45) is 5.73 Å². The molecule has 0 bridgehead atoms. The maximum Gasteiger partial charge on any atom is 0.213 e. The van der Waals surface area contributed by atoms with E-state index < -0.39 is 0 Å². The number of pyridine rings is 1. The Balaban J connectivity index is 2.27. The van der Waals surface area contributed by atoms with E-state index in [0.717, 1.165) is 25.0 Å². The first-order chi connectivity index (χ1) is 8.27. The zero-order valence-electron chi connectivity index (χ0n) is 10.1. The Bertz CT molecular complexity index is 334. The van der Waals surface area contributed by atoms with Gasteiger partial charge in [0.2, 0.25) is 5.88 Å². The van der Waals surface area contributed by atoms with E-state index in [1.807, 2.05) is 0 Å². The standard InChI is InChI=1S/C12H19ClN2O2/c1-2-3-4-16-5-6-17-12-7-10(8-14)11(13)9-15-12/h7,9H,2-6,8,14H2,1H3. The van der Waals surface area contributed by atoms with Gasteiger partial charge < -0.3 is 15.2 Å². The fourth-order valence-electron chi connectivity index (χ4n) is 1.25. The van der Waals surface area contributed by atoms with Crippen molar-refractivity contribution in [1.29, 1.82) is 0 Å². The maximum absolute atomic E-state index is 5.89. The number of rotatable bonds is 8. The van der Waals surface area contributed by atoms with Crippen LogP contribution in [0.4, 0.5) is 0 Å². The molecule has 1 aromatic rings. The summed E-state index contributed by atoms with van der Waals surface area (Å²) in [6, 6.07) is 1.76. The monoisotopic (exact) mass is 258 g/mol. The molecule has 0 atom stereocenters. The molecule has 2 N–H and O–H groups in total. The van der Waals surface area contributed by atoms with Crippen molar-refractivity contribution in [2.45, 2.75) is 26.3 Å². The van der Waals surface area contributed by atoms with Gasteiger partial charge in [0.15, 0.2) is 0 Å². The number of hydrogen-bond acceptors (Lipinski definition) is 4. The van der Waals surface area contributed by atoms with Gasteiger partial charge in [0.25, 0.3) is 0 Å². The minimum Gasteiger partial charge on any atom is -0.475 e. The molecule has 0 fully saturated rings. The van der Waals surface area contributed by atoms with Gasteiger partial charge in [-0.1, -0.05) is 24.9 Å². The van der Waals surface area contributed by atoms with E-state index in [4.69, 9.17) is 26.8 Å². The second-order valence-electron chi connectivity index (χ2n) is 3.63. The predicted octanol–water partition coefficient (Wildman–Crippen LogP) is 2.39. The Hall–Kier alpha value is -0.840. The first-order valence-electron chi connectivity index (χ1n) is 5.83. The summed E-state index contributed by atoms with van der Waals surface area (Å²) in [5, 5.41) is 0.569. The lowest BCUT2D eigenvalue weighted by atomic mass is 10.3. The van der Waals surface area contributed by atoms with Crippen molar-refractivity contribution in [3.05, 3.63) is 22.8 Å². The van der Waals surface area contributed by atoms with Crippen molar-refractivity contribution in [3.8, 4) is 5.88 Å². The van der Waals surface area contributed by atoms with Crippen molar-refractivity contribution in [2.75, 3.05) is 19.8 Å². The molecule has 0 spiro atoms. The number of unbranched alkanes of at least 4 members (excludes halogenated alkanes) is 1. The molecular formula is C12H19ClN2O2. The highest BCUT2D eigenvalue weighted by Crippen LogP contribution is 2.18. The molecule has 0 amide bonds. The Labute approximate surface area is 107 Å². The van der Waals surface area contributed by atoms with Gasteiger partial charge in [0.1, 0.15) is 6.61 Å².